The molecule has 1 aromatic carbocycles. The maximum Gasteiger partial charge on any atom is 0.271 e. The lowest BCUT2D eigenvalue weighted by Gasteiger charge is -2.29. The summed E-state index contributed by atoms with van der Waals surface area (Å²) in [6.07, 6.45) is 3.23. The van der Waals surface area contributed by atoms with E-state index in [1.165, 1.54) is 30.2 Å². The number of hydrogen-bond donors (Lipinski definition) is 4. The van der Waals surface area contributed by atoms with E-state index in [4.69, 9.17) is 4.74 Å². The second kappa shape index (κ2) is 10.1. The van der Waals surface area contributed by atoms with Gasteiger partial charge in [-0.15, -0.1) is 0 Å². The number of aromatic nitrogens is 1. The molecule has 0 spiro atoms. The number of benzene rings is 1. The van der Waals surface area contributed by atoms with E-state index in [9.17, 15) is 28.7 Å². The Hall–Kier alpha value is -3.47. The van der Waals surface area contributed by atoms with Crippen LogP contribution in [-0.4, -0.2) is 77.4 Å². The highest BCUT2D eigenvalue weighted by molar-refractivity contribution is 6.02. The molecular formula is C26H31FN4O6. The van der Waals surface area contributed by atoms with Gasteiger partial charge in [0.2, 0.25) is 11.8 Å². The third-order valence-corrected chi connectivity index (χ3v) is 8.12. The van der Waals surface area contributed by atoms with Crippen LogP contribution in [0.25, 0.3) is 10.9 Å². The minimum absolute atomic E-state index is 0.0701. The first-order chi connectivity index (χ1) is 17.8. The number of rotatable bonds is 8. The Bertz CT molecular complexity index is 1250. The number of aliphatic hydroxyl groups is 1. The third-order valence-electron chi connectivity index (χ3n) is 8.12. The van der Waals surface area contributed by atoms with Crippen molar-refractivity contribution in [3.8, 4) is 5.75 Å². The Balaban J connectivity index is 1.41. The maximum atomic E-state index is 14.4. The Labute approximate surface area is 212 Å². The first kappa shape index (κ1) is 25.2. The highest BCUT2D eigenvalue weighted by Crippen LogP contribution is 2.43. The Morgan fingerprint density at radius 2 is 2.08 bits per heavy atom. The van der Waals surface area contributed by atoms with Crippen LogP contribution in [0.1, 0.15) is 42.6 Å². The number of likely N-dealkylation sites (tertiary alicyclic amines) is 1. The van der Waals surface area contributed by atoms with E-state index in [1.807, 2.05) is 0 Å². The summed E-state index contributed by atoms with van der Waals surface area (Å²) in [4.78, 5) is 56.2. The molecule has 11 heteroatoms. The zero-order chi connectivity index (χ0) is 26.3. The van der Waals surface area contributed by atoms with Gasteiger partial charge in [0.15, 0.2) is 5.78 Å². The topological polar surface area (TPSA) is 141 Å². The molecule has 3 amide bonds. The number of carbonyl (C=O) groups is 4. The van der Waals surface area contributed by atoms with Crippen LogP contribution in [0.5, 0.6) is 5.75 Å². The van der Waals surface area contributed by atoms with Crippen LogP contribution >= 0.6 is 0 Å². The number of ether oxygens (including phenoxy) is 1. The quantitative estimate of drug-likeness (QED) is 0.416. The first-order valence-electron chi connectivity index (χ1n) is 12.7. The maximum absolute atomic E-state index is 14.4. The van der Waals surface area contributed by atoms with Crippen molar-refractivity contribution in [2.24, 2.45) is 17.8 Å². The molecule has 4 N–H and O–H groups in total. The predicted octanol–water partition coefficient (Wildman–Crippen LogP) is 1.13. The number of aliphatic hydroxyl groups excluding tert-OH is 1. The summed E-state index contributed by atoms with van der Waals surface area (Å²) in [5, 5.41) is 15.4. The first-order valence-corrected chi connectivity index (χ1v) is 12.7. The van der Waals surface area contributed by atoms with E-state index >= 15 is 0 Å². The van der Waals surface area contributed by atoms with Gasteiger partial charge in [0.05, 0.1) is 18.7 Å². The molecule has 0 bridgehead atoms. The number of nitrogens with one attached hydrogen (secondary N) is 3. The van der Waals surface area contributed by atoms with Gasteiger partial charge in [-0.3, -0.25) is 19.2 Å². The summed E-state index contributed by atoms with van der Waals surface area (Å²) in [5.74, 6) is -2.14. The summed E-state index contributed by atoms with van der Waals surface area (Å²) >= 11 is 0. The third kappa shape index (κ3) is 4.56. The standard InChI is InChI=1S/C26H31FN4O6/c1-37-21-6-5-17(27)22-16(21)10-19(29-22)26(36)31-11-14-3-2-4-15(14)23(31)25(35)30-18(20(33)12-32)9-13-7-8-28-24(13)34/h5-6,10,13-15,18,23,29,32H,2-4,7-9,11-12H2,1H3,(H,28,34)(H,30,35)/t13-,14-,15-,18?,23-/m0/s1. The van der Waals surface area contributed by atoms with Crippen LogP contribution in [-0.2, 0) is 14.4 Å². The monoisotopic (exact) mass is 514 g/mol. The average Bonchev–Trinajstić information content (AvgIpc) is 3.67. The number of halogens is 1. The van der Waals surface area contributed by atoms with E-state index in [0.29, 0.717) is 30.6 Å². The number of fused-ring (bicyclic) bond motifs is 2. The van der Waals surface area contributed by atoms with Gasteiger partial charge >= 0.3 is 0 Å². The number of ketones is 1. The highest BCUT2D eigenvalue weighted by Gasteiger charge is 2.50. The summed E-state index contributed by atoms with van der Waals surface area (Å²) in [5.41, 5.74) is 0.285. The average molecular weight is 515 g/mol. The number of Topliss-reactive ketones (excluding diaryl/α,β-unsaturated/α-hetero) is 1. The molecule has 1 saturated carbocycles. The molecule has 0 radical (unpaired) electrons. The van der Waals surface area contributed by atoms with Crippen molar-refractivity contribution in [2.75, 3.05) is 26.8 Å². The Morgan fingerprint density at radius 3 is 2.78 bits per heavy atom. The zero-order valence-electron chi connectivity index (χ0n) is 20.6. The predicted molar refractivity (Wildman–Crippen MR) is 130 cm³/mol. The number of carbonyl (C=O) groups excluding carboxylic acids is 4. The molecule has 1 aromatic heterocycles. The van der Waals surface area contributed by atoms with Crippen molar-refractivity contribution >= 4 is 34.4 Å². The molecule has 10 nitrogen and oxygen atoms in total. The van der Waals surface area contributed by atoms with Gasteiger partial charge in [-0.25, -0.2) is 4.39 Å². The number of nitrogens with zero attached hydrogens (tertiary/aromatic N) is 1. The van der Waals surface area contributed by atoms with Crippen molar-refractivity contribution in [3.63, 3.8) is 0 Å². The highest BCUT2D eigenvalue weighted by atomic mass is 19.1. The fraction of sp³-hybridized carbons (Fsp3) is 0.538. The lowest BCUT2D eigenvalue weighted by Crippen LogP contribution is -2.53. The van der Waals surface area contributed by atoms with Crippen LogP contribution in [0.2, 0.25) is 0 Å². The fourth-order valence-corrected chi connectivity index (χ4v) is 6.25. The van der Waals surface area contributed by atoms with Gasteiger partial charge in [0, 0.05) is 24.4 Å². The second-order valence-corrected chi connectivity index (χ2v) is 10.2. The summed E-state index contributed by atoms with van der Waals surface area (Å²) < 4.78 is 19.7. The zero-order valence-corrected chi connectivity index (χ0v) is 20.6. The van der Waals surface area contributed by atoms with E-state index < -0.39 is 48.0 Å². The molecule has 3 aliphatic rings. The Kier molecular flexibility index (Phi) is 6.89. The lowest BCUT2D eigenvalue weighted by molar-refractivity contribution is -0.133. The summed E-state index contributed by atoms with van der Waals surface area (Å²) in [6, 6.07) is 2.42. The summed E-state index contributed by atoms with van der Waals surface area (Å²) in [6.45, 7) is 0.114. The van der Waals surface area contributed by atoms with Gasteiger partial charge in [0.25, 0.3) is 5.91 Å². The molecule has 5 rings (SSSR count). The molecule has 2 aliphatic heterocycles. The van der Waals surface area contributed by atoms with E-state index in [2.05, 4.69) is 15.6 Å². The molecule has 37 heavy (non-hydrogen) atoms. The molecule has 1 unspecified atom stereocenters. The van der Waals surface area contributed by atoms with Crippen LogP contribution < -0.4 is 15.4 Å². The number of methoxy groups -OCH3 is 1. The number of hydrogen-bond acceptors (Lipinski definition) is 6. The molecule has 2 aromatic rings. The van der Waals surface area contributed by atoms with E-state index in [1.54, 1.807) is 0 Å². The van der Waals surface area contributed by atoms with Gasteiger partial charge in [-0.05, 0) is 55.7 Å². The minimum atomic E-state index is -1.03. The van der Waals surface area contributed by atoms with Crippen LogP contribution in [0.3, 0.4) is 0 Å². The van der Waals surface area contributed by atoms with Gasteiger partial charge in [0.1, 0.15) is 29.9 Å². The largest absolute Gasteiger partial charge is 0.496 e. The van der Waals surface area contributed by atoms with Crippen molar-refractivity contribution in [1.29, 1.82) is 0 Å². The minimum Gasteiger partial charge on any atom is -0.496 e. The van der Waals surface area contributed by atoms with Crippen LogP contribution in [0, 0.1) is 23.6 Å². The van der Waals surface area contributed by atoms with Gasteiger partial charge < -0.3 is 30.4 Å². The fourth-order valence-electron chi connectivity index (χ4n) is 6.25. The molecule has 3 heterocycles. The smallest absolute Gasteiger partial charge is 0.271 e. The number of aromatic amines is 1. The van der Waals surface area contributed by atoms with Crippen LogP contribution in [0.15, 0.2) is 18.2 Å². The van der Waals surface area contributed by atoms with Crippen molar-refractivity contribution in [1.82, 2.24) is 20.5 Å². The number of H-pyrrole nitrogens is 1. The molecule has 198 valence electrons. The number of amides is 3. The van der Waals surface area contributed by atoms with E-state index in [0.717, 1.165) is 19.3 Å². The lowest BCUT2D eigenvalue weighted by atomic mass is 9.92. The summed E-state index contributed by atoms with van der Waals surface area (Å²) in [7, 11) is 1.46. The molecule has 3 fully saturated rings. The normalized spacial score (nSPS) is 25.7. The molecule has 2 saturated heterocycles. The molecular weight excluding hydrogens is 483 g/mol. The van der Waals surface area contributed by atoms with Gasteiger partial charge in [-0.2, -0.15) is 0 Å². The Morgan fingerprint density at radius 1 is 1.27 bits per heavy atom. The van der Waals surface area contributed by atoms with Crippen molar-refractivity contribution in [2.45, 2.75) is 44.2 Å². The van der Waals surface area contributed by atoms with Gasteiger partial charge in [-0.1, -0.05) is 6.42 Å². The van der Waals surface area contributed by atoms with Crippen molar-refractivity contribution in [3.05, 3.63) is 29.7 Å². The van der Waals surface area contributed by atoms with Crippen LogP contribution in [0.4, 0.5) is 4.39 Å². The molecule has 1 aliphatic carbocycles. The second-order valence-electron chi connectivity index (χ2n) is 10.2. The molecule has 5 atom stereocenters. The van der Waals surface area contributed by atoms with E-state index in [-0.39, 0.29) is 35.4 Å². The SMILES string of the molecule is COc1ccc(F)c2[nH]c(C(=O)N3C[C@@H]4CCC[C@@H]4[C@H]3C(=O)NC(C[C@@H]3CCNC3=O)C(=O)CO)cc12. The van der Waals surface area contributed by atoms with Crippen molar-refractivity contribution < 1.29 is 33.4 Å².